The van der Waals surface area contributed by atoms with Crippen LogP contribution in [0.5, 0.6) is 0 Å². The number of ether oxygens (including phenoxy) is 1. The Hall–Kier alpha value is -1.66. The van der Waals surface area contributed by atoms with Crippen LogP contribution >= 0.6 is 0 Å². The minimum atomic E-state index is -0.502. The van der Waals surface area contributed by atoms with Crippen molar-refractivity contribution >= 4 is 6.09 Å². The lowest BCUT2D eigenvalue weighted by Gasteiger charge is -2.00. The zero-order valence-electron chi connectivity index (χ0n) is 6.81. The fraction of sp³-hybridized carbons (Fsp3) is 0.600. The van der Waals surface area contributed by atoms with Gasteiger partial charge in [0, 0.05) is 7.05 Å². The van der Waals surface area contributed by atoms with E-state index in [9.17, 15) is 4.79 Å². The van der Waals surface area contributed by atoms with E-state index in [0.717, 1.165) is 0 Å². The Morgan fingerprint density at radius 3 is 3.00 bits per heavy atom. The predicted molar refractivity (Wildman–Crippen MR) is 38.0 cm³/mol. The Morgan fingerprint density at radius 2 is 2.50 bits per heavy atom. The summed E-state index contributed by atoms with van der Waals surface area (Å²) in [4.78, 5) is 10.6. The monoisotopic (exact) mass is 171 g/mol. The van der Waals surface area contributed by atoms with E-state index >= 15 is 0 Å². The molecule has 1 heterocycles. The van der Waals surface area contributed by atoms with Crippen LogP contribution in [0.15, 0.2) is 0 Å². The van der Waals surface area contributed by atoms with Crippen LogP contribution in [-0.2, 0) is 18.3 Å². The molecule has 1 rings (SSSR count). The van der Waals surface area contributed by atoms with E-state index in [1.807, 2.05) is 0 Å². The Bertz CT molecular complexity index is 271. The van der Waals surface area contributed by atoms with Crippen LogP contribution in [-0.4, -0.2) is 33.4 Å². The van der Waals surface area contributed by atoms with Gasteiger partial charge in [0.25, 0.3) is 0 Å². The Kier molecular flexibility index (Phi) is 2.57. The Balaban J connectivity index is 2.43. The molecule has 1 aromatic heterocycles. The van der Waals surface area contributed by atoms with Crippen LogP contribution in [0.4, 0.5) is 4.79 Å². The molecular formula is C5H9N5O2. The molecule has 0 aliphatic rings. The number of aromatic nitrogens is 4. The first-order valence-electron chi connectivity index (χ1n) is 3.27. The number of carbonyl (C=O) groups excluding carboxylic acids is 1. The summed E-state index contributed by atoms with van der Waals surface area (Å²) < 4.78 is 5.83. The third-order valence-corrected chi connectivity index (χ3v) is 1.28. The molecule has 1 amide bonds. The van der Waals surface area contributed by atoms with Crippen molar-refractivity contribution in [2.45, 2.75) is 6.54 Å². The molecule has 0 saturated carbocycles. The van der Waals surface area contributed by atoms with Gasteiger partial charge in [-0.2, -0.15) is 0 Å². The number of alkyl carbamates (subject to hydrolysis) is 1. The summed E-state index contributed by atoms with van der Waals surface area (Å²) in [5, 5.41) is 13.1. The highest BCUT2D eigenvalue weighted by Gasteiger charge is 2.03. The fourth-order valence-corrected chi connectivity index (χ4v) is 0.621. The standard InChI is InChI=1S/C5H9N5O2/c1-10-4(7-8-9-10)3-6-5(11)12-2/h3H2,1-2H3,(H,6,11). The highest BCUT2D eigenvalue weighted by molar-refractivity contribution is 5.66. The molecule has 1 aromatic rings. The van der Waals surface area contributed by atoms with Crippen LogP contribution in [0.2, 0.25) is 0 Å². The van der Waals surface area contributed by atoms with Gasteiger partial charge in [-0.1, -0.05) is 0 Å². The average Bonchev–Trinajstić information content (AvgIpc) is 2.47. The summed E-state index contributed by atoms with van der Waals surface area (Å²) >= 11 is 0. The summed E-state index contributed by atoms with van der Waals surface area (Å²) in [5.41, 5.74) is 0. The second kappa shape index (κ2) is 3.65. The van der Waals surface area contributed by atoms with Crippen molar-refractivity contribution in [2.24, 2.45) is 7.05 Å². The minimum Gasteiger partial charge on any atom is -0.453 e. The van der Waals surface area contributed by atoms with Gasteiger partial charge in [0.05, 0.1) is 13.7 Å². The number of tetrazole rings is 1. The number of aryl methyl sites for hydroxylation is 1. The topological polar surface area (TPSA) is 81.9 Å². The molecule has 0 radical (unpaired) electrons. The summed E-state index contributed by atoms with van der Waals surface area (Å²) in [6.07, 6.45) is -0.502. The molecular weight excluding hydrogens is 162 g/mol. The average molecular weight is 171 g/mol. The minimum absolute atomic E-state index is 0.260. The summed E-state index contributed by atoms with van der Waals surface area (Å²) in [7, 11) is 2.98. The zero-order valence-corrected chi connectivity index (χ0v) is 6.81. The van der Waals surface area contributed by atoms with Crippen LogP contribution in [0.1, 0.15) is 5.82 Å². The molecule has 0 spiro atoms. The van der Waals surface area contributed by atoms with Crippen LogP contribution in [0.25, 0.3) is 0 Å². The summed E-state index contributed by atoms with van der Waals surface area (Å²) in [5.74, 6) is 0.570. The van der Waals surface area contributed by atoms with Crippen molar-refractivity contribution in [2.75, 3.05) is 7.11 Å². The highest BCUT2D eigenvalue weighted by Crippen LogP contribution is 1.86. The number of hydrogen-bond acceptors (Lipinski definition) is 5. The van der Waals surface area contributed by atoms with E-state index in [4.69, 9.17) is 0 Å². The first-order valence-corrected chi connectivity index (χ1v) is 3.27. The Morgan fingerprint density at radius 1 is 1.75 bits per heavy atom. The number of nitrogens with one attached hydrogen (secondary N) is 1. The van der Waals surface area contributed by atoms with Gasteiger partial charge in [-0.25, -0.2) is 9.48 Å². The van der Waals surface area contributed by atoms with E-state index in [2.05, 4.69) is 25.6 Å². The Labute approximate surface area is 68.7 Å². The molecule has 0 aromatic carbocycles. The van der Waals surface area contributed by atoms with Gasteiger partial charge < -0.3 is 10.1 Å². The predicted octanol–water partition coefficient (Wildman–Crippen LogP) is -0.934. The van der Waals surface area contributed by atoms with Crippen LogP contribution in [0.3, 0.4) is 0 Å². The van der Waals surface area contributed by atoms with E-state index in [1.54, 1.807) is 7.05 Å². The van der Waals surface area contributed by atoms with Crippen molar-refractivity contribution in [1.82, 2.24) is 25.5 Å². The largest absolute Gasteiger partial charge is 0.453 e. The first-order chi connectivity index (χ1) is 5.74. The molecule has 7 heteroatoms. The molecule has 7 nitrogen and oxygen atoms in total. The van der Waals surface area contributed by atoms with Crippen molar-refractivity contribution in [3.8, 4) is 0 Å². The first kappa shape index (κ1) is 8.44. The van der Waals surface area contributed by atoms with Gasteiger partial charge in [-0.3, -0.25) is 0 Å². The third-order valence-electron chi connectivity index (χ3n) is 1.28. The van der Waals surface area contributed by atoms with E-state index in [1.165, 1.54) is 11.8 Å². The van der Waals surface area contributed by atoms with Gasteiger partial charge in [0.15, 0.2) is 5.82 Å². The number of carbonyl (C=O) groups is 1. The van der Waals surface area contributed by atoms with Crippen molar-refractivity contribution in [3.63, 3.8) is 0 Å². The molecule has 12 heavy (non-hydrogen) atoms. The maximum Gasteiger partial charge on any atom is 0.407 e. The van der Waals surface area contributed by atoms with E-state index in [0.29, 0.717) is 5.82 Å². The van der Waals surface area contributed by atoms with E-state index < -0.39 is 6.09 Å². The van der Waals surface area contributed by atoms with Crippen LogP contribution in [0, 0.1) is 0 Å². The smallest absolute Gasteiger partial charge is 0.407 e. The second-order valence-electron chi connectivity index (χ2n) is 2.06. The fourth-order valence-electron chi connectivity index (χ4n) is 0.621. The van der Waals surface area contributed by atoms with Gasteiger partial charge in [0.2, 0.25) is 0 Å². The molecule has 0 aliphatic carbocycles. The lowest BCUT2D eigenvalue weighted by atomic mass is 10.6. The number of rotatable bonds is 2. The molecule has 0 atom stereocenters. The summed E-state index contributed by atoms with van der Waals surface area (Å²) in [6, 6.07) is 0. The van der Waals surface area contributed by atoms with Crippen molar-refractivity contribution in [1.29, 1.82) is 0 Å². The van der Waals surface area contributed by atoms with Crippen molar-refractivity contribution in [3.05, 3.63) is 5.82 Å². The van der Waals surface area contributed by atoms with Gasteiger partial charge in [-0.15, -0.1) is 5.10 Å². The summed E-state index contributed by atoms with van der Waals surface area (Å²) in [6.45, 7) is 0.260. The van der Waals surface area contributed by atoms with Gasteiger partial charge in [-0.05, 0) is 10.4 Å². The van der Waals surface area contributed by atoms with Gasteiger partial charge >= 0.3 is 6.09 Å². The number of amides is 1. The number of methoxy groups -OCH3 is 1. The van der Waals surface area contributed by atoms with Gasteiger partial charge in [0.1, 0.15) is 0 Å². The number of hydrogen-bond donors (Lipinski definition) is 1. The second-order valence-corrected chi connectivity index (χ2v) is 2.06. The SMILES string of the molecule is COC(=O)NCc1nnnn1C. The van der Waals surface area contributed by atoms with E-state index in [-0.39, 0.29) is 6.54 Å². The quantitative estimate of drug-likeness (QED) is 0.621. The molecule has 0 unspecified atom stereocenters. The number of nitrogens with zero attached hydrogens (tertiary/aromatic N) is 4. The van der Waals surface area contributed by atoms with Crippen LogP contribution < -0.4 is 5.32 Å². The molecule has 0 bridgehead atoms. The molecule has 0 aliphatic heterocycles. The maximum absolute atomic E-state index is 10.6. The molecule has 0 fully saturated rings. The molecule has 66 valence electrons. The third kappa shape index (κ3) is 1.91. The van der Waals surface area contributed by atoms with Crippen molar-refractivity contribution < 1.29 is 9.53 Å². The molecule has 1 N–H and O–H groups in total. The zero-order chi connectivity index (χ0) is 8.97. The normalized spacial score (nSPS) is 9.50. The lowest BCUT2D eigenvalue weighted by molar-refractivity contribution is 0.170. The molecule has 0 saturated heterocycles. The lowest BCUT2D eigenvalue weighted by Crippen LogP contribution is -2.24. The highest BCUT2D eigenvalue weighted by atomic mass is 16.5. The maximum atomic E-state index is 10.6.